The van der Waals surface area contributed by atoms with Gasteiger partial charge in [0.15, 0.2) is 0 Å². The second kappa shape index (κ2) is 9.81. The predicted molar refractivity (Wildman–Crippen MR) is 104 cm³/mol. The molecule has 1 saturated carbocycles. The zero-order valence-electron chi connectivity index (χ0n) is 9.97. The van der Waals surface area contributed by atoms with Crippen LogP contribution in [0.15, 0.2) is 0 Å². The molecule has 0 N–H and O–H groups in total. The van der Waals surface area contributed by atoms with Gasteiger partial charge in [-0.15, -0.1) is 0 Å². The van der Waals surface area contributed by atoms with Gasteiger partial charge in [0.05, 0.1) is 0 Å². The van der Waals surface area contributed by atoms with E-state index in [9.17, 15) is 0 Å². The summed E-state index contributed by atoms with van der Waals surface area (Å²) in [7, 11) is 0. The highest BCUT2D eigenvalue weighted by atomic mass is 79.9. The fourth-order valence-electron chi connectivity index (χ4n) is 2.04. The molecular weight excluding hydrogens is 624 g/mol. The van der Waals surface area contributed by atoms with Crippen molar-refractivity contribution in [2.45, 2.75) is 67.5 Å². The van der Waals surface area contributed by atoms with E-state index in [0.29, 0.717) is 29.0 Å². The molecule has 6 heteroatoms. The van der Waals surface area contributed by atoms with Crippen molar-refractivity contribution in [1.82, 2.24) is 0 Å². The quantitative estimate of drug-likeness (QED) is 0.252. The zero-order chi connectivity index (χ0) is 13.7. The monoisotopic (exact) mass is 636 g/mol. The van der Waals surface area contributed by atoms with Crippen LogP contribution in [0.1, 0.15) is 38.5 Å². The molecule has 0 heterocycles. The molecule has 1 aliphatic rings. The summed E-state index contributed by atoms with van der Waals surface area (Å²) in [6.45, 7) is 0. The molecule has 0 amide bonds. The molecule has 1 aliphatic carbocycles. The molecule has 1 rings (SSSR count). The average Bonchev–Trinajstić information content (AvgIpc) is 2.36. The van der Waals surface area contributed by atoms with Gasteiger partial charge < -0.3 is 0 Å². The van der Waals surface area contributed by atoms with Crippen LogP contribution in [0.3, 0.4) is 0 Å². The van der Waals surface area contributed by atoms with Crippen molar-refractivity contribution in [3.05, 3.63) is 0 Å². The summed E-state index contributed by atoms with van der Waals surface area (Å²) in [5, 5.41) is 0. The third-order valence-corrected chi connectivity index (χ3v) is 12.0. The number of hydrogen-bond donors (Lipinski definition) is 0. The fraction of sp³-hybridized carbons (Fsp3) is 1.00. The first-order chi connectivity index (χ1) is 8.41. The molecule has 0 nitrogen and oxygen atoms in total. The molecule has 6 atom stereocenters. The zero-order valence-corrected chi connectivity index (χ0v) is 19.5. The molecule has 0 spiro atoms. The molecule has 0 aromatic heterocycles. The number of halogens is 6. The van der Waals surface area contributed by atoms with E-state index in [4.69, 9.17) is 0 Å². The number of alkyl halides is 6. The SMILES string of the molecule is BrC1CC[C@H](Br)[C@@H](Br)CC[C@@H](Br)[C@@H](Br)CC[C@@H]1Br. The number of hydrogen-bond acceptors (Lipinski definition) is 0. The standard InChI is InChI=1S/C12H18Br6/c13-7-1-2-8(14)10(16)5-6-12(18)11(17)4-3-9(7)15/h7-12H,1-6H2/t7-,8-,9+,10?,11-,12-/m0/s1. The molecular formula is C12H18Br6. The van der Waals surface area contributed by atoms with Crippen LogP contribution in [0, 0.1) is 0 Å². The maximum atomic E-state index is 3.82. The highest BCUT2D eigenvalue weighted by molar-refractivity contribution is 9.13. The third-order valence-electron chi connectivity index (χ3n) is 3.33. The number of rotatable bonds is 0. The van der Waals surface area contributed by atoms with Crippen molar-refractivity contribution >= 4 is 95.6 Å². The summed E-state index contributed by atoms with van der Waals surface area (Å²) in [6.07, 6.45) is 7.24. The Labute approximate surface area is 161 Å². The van der Waals surface area contributed by atoms with E-state index in [0.717, 1.165) is 0 Å². The molecule has 1 unspecified atom stereocenters. The van der Waals surface area contributed by atoms with Gasteiger partial charge in [0.25, 0.3) is 0 Å². The van der Waals surface area contributed by atoms with Crippen molar-refractivity contribution in [2.75, 3.05) is 0 Å². The molecule has 0 aromatic carbocycles. The van der Waals surface area contributed by atoms with Crippen LogP contribution in [0.2, 0.25) is 0 Å². The summed E-state index contributed by atoms with van der Waals surface area (Å²) in [4.78, 5) is 3.36. The summed E-state index contributed by atoms with van der Waals surface area (Å²) in [5.41, 5.74) is 0. The average molecular weight is 642 g/mol. The molecule has 0 bridgehead atoms. The lowest BCUT2D eigenvalue weighted by Crippen LogP contribution is -2.25. The van der Waals surface area contributed by atoms with E-state index < -0.39 is 0 Å². The van der Waals surface area contributed by atoms with Crippen LogP contribution in [0.5, 0.6) is 0 Å². The maximum absolute atomic E-state index is 3.82. The fourth-order valence-corrected chi connectivity index (χ4v) is 5.21. The highest BCUT2D eigenvalue weighted by Gasteiger charge is 2.25. The molecule has 0 saturated heterocycles. The van der Waals surface area contributed by atoms with Gasteiger partial charge in [0.1, 0.15) is 0 Å². The van der Waals surface area contributed by atoms with Gasteiger partial charge in [-0.25, -0.2) is 0 Å². The first-order valence-electron chi connectivity index (χ1n) is 6.26. The van der Waals surface area contributed by atoms with Crippen molar-refractivity contribution < 1.29 is 0 Å². The highest BCUT2D eigenvalue weighted by Crippen LogP contribution is 2.34. The maximum Gasteiger partial charge on any atom is 0.0271 e. The Kier molecular flexibility index (Phi) is 10.3. The second-order valence-electron chi connectivity index (χ2n) is 4.83. The predicted octanol–water partition coefficient (Wildman–Crippen LogP) is 6.92. The molecule has 18 heavy (non-hydrogen) atoms. The van der Waals surface area contributed by atoms with E-state index in [1.54, 1.807) is 0 Å². The molecule has 108 valence electrons. The summed E-state index contributed by atoms with van der Waals surface area (Å²) in [5.74, 6) is 0. The smallest absolute Gasteiger partial charge is 0.0271 e. The first-order valence-corrected chi connectivity index (χ1v) is 11.8. The molecule has 0 aliphatic heterocycles. The Balaban J connectivity index is 2.61. The lowest BCUT2D eigenvalue weighted by atomic mass is 10.0. The van der Waals surface area contributed by atoms with E-state index in [1.165, 1.54) is 38.5 Å². The van der Waals surface area contributed by atoms with E-state index in [1.807, 2.05) is 0 Å². The molecule has 1 fully saturated rings. The van der Waals surface area contributed by atoms with Crippen molar-refractivity contribution in [2.24, 2.45) is 0 Å². The Hall–Kier alpha value is 2.88. The van der Waals surface area contributed by atoms with E-state index in [2.05, 4.69) is 95.6 Å². The van der Waals surface area contributed by atoms with Crippen LogP contribution in [-0.2, 0) is 0 Å². The van der Waals surface area contributed by atoms with Gasteiger partial charge in [-0.3, -0.25) is 0 Å². The third kappa shape index (κ3) is 6.76. The van der Waals surface area contributed by atoms with Gasteiger partial charge in [0.2, 0.25) is 0 Å². The Morgan fingerprint density at radius 1 is 0.333 bits per heavy atom. The largest absolute Gasteiger partial charge is 0.0879 e. The van der Waals surface area contributed by atoms with Crippen LogP contribution in [0.4, 0.5) is 0 Å². The van der Waals surface area contributed by atoms with Crippen molar-refractivity contribution in [3.63, 3.8) is 0 Å². The van der Waals surface area contributed by atoms with Crippen molar-refractivity contribution in [1.29, 1.82) is 0 Å². The van der Waals surface area contributed by atoms with Gasteiger partial charge in [-0.05, 0) is 38.5 Å². The minimum atomic E-state index is 0.560. The summed E-state index contributed by atoms with van der Waals surface area (Å²) in [6, 6.07) is 0. The lowest BCUT2D eigenvalue weighted by Gasteiger charge is -2.25. The van der Waals surface area contributed by atoms with Gasteiger partial charge >= 0.3 is 0 Å². The Morgan fingerprint density at radius 3 is 0.556 bits per heavy atom. The van der Waals surface area contributed by atoms with Gasteiger partial charge in [-0.2, -0.15) is 0 Å². The lowest BCUT2D eigenvalue weighted by molar-refractivity contribution is 0.557. The van der Waals surface area contributed by atoms with Crippen LogP contribution in [0.25, 0.3) is 0 Å². The Morgan fingerprint density at radius 2 is 0.444 bits per heavy atom. The summed E-state index contributed by atoms with van der Waals surface area (Å²) >= 11 is 22.9. The molecule has 0 radical (unpaired) electrons. The topological polar surface area (TPSA) is 0 Å². The normalized spacial score (nSPS) is 45.0. The van der Waals surface area contributed by atoms with Crippen molar-refractivity contribution in [3.8, 4) is 0 Å². The van der Waals surface area contributed by atoms with Crippen LogP contribution >= 0.6 is 95.6 Å². The van der Waals surface area contributed by atoms with Gasteiger partial charge in [-0.1, -0.05) is 95.6 Å². The molecule has 0 aromatic rings. The summed E-state index contributed by atoms with van der Waals surface area (Å²) < 4.78 is 0. The minimum absolute atomic E-state index is 0.560. The minimum Gasteiger partial charge on any atom is -0.0879 e. The van der Waals surface area contributed by atoms with Gasteiger partial charge in [0, 0.05) is 29.0 Å². The van der Waals surface area contributed by atoms with E-state index in [-0.39, 0.29) is 0 Å². The van der Waals surface area contributed by atoms with Crippen LogP contribution in [-0.4, -0.2) is 29.0 Å². The van der Waals surface area contributed by atoms with Crippen LogP contribution < -0.4 is 0 Å². The second-order valence-corrected chi connectivity index (χ2v) is 11.9. The van der Waals surface area contributed by atoms with E-state index >= 15 is 0 Å². The Bertz CT molecular complexity index is 175. The first kappa shape index (κ1) is 18.9.